The van der Waals surface area contributed by atoms with Crippen LogP contribution in [0.15, 0.2) is 42.5 Å². The molecule has 0 saturated carbocycles. The molecule has 0 aromatic heterocycles. The Labute approximate surface area is 209 Å². The number of benzene rings is 2. The van der Waals surface area contributed by atoms with Crippen molar-refractivity contribution >= 4 is 17.9 Å². The molecule has 0 aliphatic carbocycles. The van der Waals surface area contributed by atoms with Crippen molar-refractivity contribution in [2.75, 3.05) is 6.54 Å². The number of carboxylic acids is 1. The van der Waals surface area contributed by atoms with Crippen molar-refractivity contribution in [1.29, 1.82) is 0 Å². The number of halogens is 2. The van der Waals surface area contributed by atoms with Crippen LogP contribution in [0, 0.1) is 11.6 Å². The van der Waals surface area contributed by atoms with Gasteiger partial charge >= 0.3 is 12.0 Å². The van der Waals surface area contributed by atoms with E-state index < -0.39 is 34.8 Å². The van der Waals surface area contributed by atoms with Crippen LogP contribution in [0.2, 0.25) is 0 Å². The Hall–Kier alpha value is -3.49. The van der Waals surface area contributed by atoms with Crippen molar-refractivity contribution in [2.24, 2.45) is 0 Å². The number of carbonyl (C=O) groups excluding carboxylic acids is 2. The lowest BCUT2D eigenvalue weighted by Crippen LogP contribution is -2.47. The van der Waals surface area contributed by atoms with Crippen LogP contribution in [-0.4, -0.2) is 50.5 Å². The lowest BCUT2D eigenvalue weighted by Gasteiger charge is -2.31. The van der Waals surface area contributed by atoms with E-state index in [2.05, 4.69) is 0 Å². The molecule has 1 heterocycles. The van der Waals surface area contributed by atoms with E-state index in [0.717, 1.165) is 28.7 Å². The standard InChI is InChI=1S/C27H32F2N2O5/c1-5-13-31-25(35)30(17-19-14-20(28)16-21(29)15-19)23(32)27(31,4)12-6-7-18-8-10-22(11-9-18)36-26(2,3)24(33)34/h8-11,14-16H,5-7,12-13,17H2,1-4H3,(H,33,34). The first-order valence-electron chi connectivity index (χ1n) is 12.0. The third-order valence-electron chi connectivity index (χ3n) is 6.41. The smallest absolute Gasteiger partial charge is 0.347 e. The predicted octanol–water partition coefficient (Wildman–Crippen LogP) is 5.16. The van der Waals surface area contributed by atoms with Crippen molar-refractivity contribution in [3.8, 4) is 5.75 Å². The summed E-state index contributed by atoms with van der Waals surface area (Å²) in [5, 5.41) is 9.21. The second kappa shape index (κ2) is 10.6. The first-order valence-corrected chi connectivity index (χ1v) is 12.0. The average Bonchev–Trinajstić information content (AvgIpc) is 2.95. The van der Waals surface area contributed by atoms with Crippen LogP contribution >= 0.6 is 0 Å². The van der Waals surface area contributed by atoms with E-state index in [9.17, 15) is 28.3 Å². The van der Waals surface area contributed by atoms with E-state index >= 15 is 0 Å². The van der Waals surface area contributed by atoms with Gasteiger partial charge in [0.25, 0.3) is 5.91 Å². The molecule has 1 aliphatic heterocycles. The SMILES string of the molecule is CCCN1C(=O)N(Cc2cc(F)cc(F)c2)C(=O)C1(C)CCCc1ccc(OC(C)(C)C(=O)O)cc1. The van der Waals surface area contributed by atoms with Crippen molar-refractivity contribution < 1.29 is 33.0 Å². The number of rotatable bonds is 11. The van der Waals surface area contributed by atoms with Crippen LogP contribution in [0.1, 0.15) is 58.1 Å². The number of hydrogen-bond acceptors (Lipinski definition) is 4. The number of imide groups is 1. The zero-order chi connectivity index (χ0) is 26.7. The molecule has 2 aromatic rings. The molecule has 2 aromatic carbocycles. The van der Waals surface area contributed by atoms with Crippen LogP contribution in [0.25, 0.3) is 0 Å². The zero-order valence-electron chi connectivity index (χ0n) is 21.0. The molecule has 0 spiro atoms. The number of ether oxygens (including phenoxy) is 1. The quantitative estimate of drug-likeness (QED) is 0.429. The second-order valence-corrected chi connectivity index (χ2v) is 9.79. The molecule has 3 amide bonds. The van der Waals surface area contributed by atoms with E-state index in [1.54, 1.807) is 24.0 Å². The third-order valence-corrected chi connectivity index (χ3v) is 6.41. The summed E-state index contributed by atoms with van der Waals surface area (Å²) >= 11 is 0. The van der Waals surface area contributed by atoms with Crippen LogP contribution in [0.4, 0.5) is 13.6 Å². The number of aliphatic carboxylic acids is 1. The number of amides is 3. The van der Waals surface area contributed by atoms with Gasteiger partial charge in [-0.2, -0.15) is 0 Å². The van der Waals surface area contributed by atoms with Gasteiger partial charge in [0.05, 0.1) is 6.54 Å². The highest BCUT2D eigenvalue weighted by atomic mass is 19.1. The number of aryl methyl sites for hydroxylation is 1. The summed E-state index contributed by atoms with van der Waals surface area (Å²) in [5.41, 5.74) is -1.22. The van der Waals surface area contributed by atoms with Crippen molar-refractivity contribution in [3.05, 3.63) is 65.2 Å². The highest BCUT2D eigenvalue weighted by Crippen LogP contribution is 2.34. The fraction of sp³-hybridized carbons (Fsp3) is 0.444. The lowest BCUT2D eigenvalue weighted by molar-refractivity contribution is -0.152. The molecule has 0 bridgehead atoms. The van der Waals surface area contributed by atoms with Gasteiger partial charge in [-0.3, -0.25) is 9.69 Å². The summed E-state index contributed by atoms with van der Waals surface area (Å²) in [4.78, 5) is 40.4. The summed E-state index contributed by atoms with van der Waals surface area (Å²) < 4.78 is 32.8. The second-order valence-electron chi connectivity index (χ2n) is 9.79. The molecule has 194 valence electrons. The molecule has 3 rings (SSSR count). The Kier molecular flexibility index (Phi) is 8.01. The van der Waals surface area contributed by atoms with Crippen LogP contribution in [0.5, 0.6) is 5.75 Å². The largest absolute Gasteiger partial charge is 0.478 e. The molecular weight excluding hydrogens is 470 g/mol. The summed E-state index contributed by atoms with van der Waals surface area (Å²) in [7, 11) is 0. The van der Waals surface area contributed by atoms with Gasteiger partial charge in [-0.15, -0.1) is 0 Å². The van der Waals surface area contributed by atoms with Crippen molar-refractivity contribution in [1.82, 2.24) is 9.80 Å². The molecule has 1 fully saturated rings. The lowest BCUT2D eigenvalue weighted by atomic mass is 9.91. The first-order chi connectivity index (χ1) is 16.9. The van der Waals surface area contributed by atoms with Crippen LogP contribution in [-0.2, 0) is 22.6 Å². The maximum atomic E-state index is 13.6. The molecule has 9 heteroatoms. The number of nitrogens with zero attached hydrogens (tertiary/aromatic N) is 2. The highest BCUT2D eigenvalue weighted by Gasteiger charge is 2.53. The van der Waals surface area contributed by atoms with Gasteiger partial charge in [-0.1, -0.05) is 19.1 Å². The third kappa shape index (κ3) is 5.83. The van der Waals surface area contributed by atoms with Crippen LogP contribution in [0.3, 0.4) is 0 Å². The molecule has 0 radical (unpaired) electrons. The Morgan fingerprint density at radius 3 is 2.22 bits per heavy atom. The molecule has 1 N–H and O–H groups in total. The minimum absolute atomic E-state index is 0.198. The minimum Gasteiger partial charge on any atom is -0.478 e. The number of urea groups is 1. The molecule has 1 saturated heterocycles. The monoisotopic (exact) mass is 502 g/mol. The van der Waals surface area contributed by atoms with E-state index in [-0.39, 0.29) is 18.0 Å². The van der Waals surface area contributed by atoms with Gasteiger partial charge in [-0.05, 0) is 81.8 Å². The molecular formula is C27H32F2N2O5. The summed E-state index contributed by atoms with van der Waals surface area (Å²) in [6, 6.07) is 9.61. The number of carbonyl (C=O) groups is 3. The Morgan fingerprint density at radius 2 is 1.67 bits per heavy atom. The Balaban J connectivity index is 1.68. The maximum absolute atomic E-state index is 13.6. The Morgan fingerprint density at radius 1 is 1.06 bits per heavy atom. The van der Waals surface area contributed by atoms with Gasteiger partial charge in [-0.25, -0.2) is 18.4 Å². The van der Waals surface area contributed by atoms with Gasteiger partial charge in [0.2, 0.25) is 0 Å². The van der Waals surface area contributed by atoms with Gasteiger partial charge in [0, 0.05) is 12.6 Å². The number of hydrogen-bond donors (Lipinski definition) is 1. The molecule has 1 unspecified atom stereocenters. The summed E-state index contributed by atoms with van der Waals surface area (Å²) in [6.45, 7) is 6.79. The Bertz CT molecular complexity index is 1120. The van der Waals surface area contributed by atoms with Crippen molar-refractivity contribution in [3.63, 3.8) is 0 Å². The molecule has 7 nitrogen and oxygen atoms in total. The van der Waals surface area contributed by atoms with E-state index in [0.29, 0.717) is 38.0 Å². The van der Waals surface area contributed by atoms with Gasteiger partial charge in [0.15, 0.2) is 5.60 Å². The van der Waals surface area contributed by atoms with Gasteiger partial charge < -0.3 is 14.7 Å². The maximum Gasteiger partial charge on any atom is 0.347 e. The topological polar surface area (TPSA) is 87.2 Å². The number of carboxylic acid groups (broad SMARTS) is 1. The molecule has 36 heavy (non-hydrogen) atoms. The predicted molar refractivity (Wildman–Crippen MR) is 129 cm³/mol. The molecule has 1 atom stereocenters. The van der Waals surface area contributed by atoms with Crippen molar-refractivity contribution in [2.45, 2.75) is 71.1 Å². The fourth-order valence-electron chi connectivity index (χ4n) is 4.38. The summed E-state index contributed by atoms with van der Waals surface area (Å²) in [6.07, 6.45) is 2.31. The van der Waals surface area contributed by atoms with Crippen LogP contribution < -0.4 is 4.74 Å². The first kappa shape index (κ1) is 27.1. The minimum atomic E-state index is -1.35. The average molecular weight is 503 g/mol. The van der Waals surface area contributed by atoms with E-state index in [1.165, 1.54) is 13.8 Å². The highest BCUT2D eigenvalue weighted by molar-refractivity contribution is 6.06. The van der Waals surface area contributed by atoms with E-state index in [1.807, 2.05) is 19.1 Å². The molecule has 1 aliphatic rings. The summed E-state index contributed by atoms with van der Waals surface area (Å²) in [5.74, 6) is -2.54. The van der Waals surface area contributed by atoms with E-state index in [4.69, 9.17) is 4.74 Å². The fourth-order valence-corrected chi connectivity index (χ4v) is 4.38. The van der Waals surface area contributed by atoms with Gasteiger partial charge in [0.1, 0.15) is 22.9 Å². The zero-order valence-corrected chi connectivity index (χ0v) is 21.0. The normalized spacial score (nSPS) is 18.2.